The molecule has 0 bridgehead atoms. The van der Waals surface area contributed by atoms with E-state index >= 15 is 0 Å². The summed E-state index contributed by atoms with van der Waals surface area (Å²) in [6.07, 6.45) is 9.89. The van der Waals surface area contributed by atoms with Gasteiger partial charge in [0.15, 0.2) is 0 Å². The summed E-state index contributed by atoms with van der Waals surface area (Å²) in [6.45, 7) is 0. The van der Waals surface area contributed by atoms with Gasteiger partial charge in [-0.15, -0.1) is 0 Å². The van der Waals surface area contributed by atoms with Crippen molar-refractivity contribution in [3.8, 4) is 6.07 Å². The maximum atomic E-state index is 8.86. The van der Waals surface area contributed by atoms with Crippen molar-refractivity contribution in [3.63, 3.8) is 0 Å². The fourth-order valence-corrected chi connectivity index (χ4v) is 1.99. The summed E-state index contributed by atoms with van der Waals surface area (Å²) >= 11 is 3.98. The molecule has 0 amide bonds. The van der Waals surface area contributed by atoms with Gasteiger partial charge >= 0.3 is 85.7 Å². The van der Waals surface area contributed by atoms with Gasteiger partial charge in [0, 0.05) is 0 Å². The van der Waals surface area contributed by atoms with Crippen LogP contribution in [0.5, 0.6) is 0 Å². The minimum atomic E-state index is 0.794. The predicted molar refractivity (Wildman–Crippen MR) is 47.2 cm³/mol. The van der Waals surface area contributed by atoms with Gasteiger partial charge in [0.25, 0.3) is 0 Å². The Bertz CT molecular complexity index is 402. The zero-order valence-electron chi connectivity index (χ0n) is 7.02. The van der Waals surface area contributed by atoms with Gasteiger partial charge in [0.05, 0.1) is 0 Å². The summed E-state index contributed by atoms with van der Waals surface area (Å²) in [4.78, 5) is 0. The number of hydrogen-bond acceptors (Lipinski definition) is 1. The van der Waals surface area contributed by atoms with Gasteiger partial charge in [0.1, 0.15) is 0 Å². The number of rotatable bonds is 1. The van der Waals surface area contributed by atoms with Crippen molar-refractivity contribution in [2.45, 2.75) is 12.8 Å². The van der Waals surface area contributed by atoms with Crippen LogP contribution in [-0.2, 0) is 16.0 Å². The van der Waals surface area contributed by atoms with Gasteiger partial charge in [-0.1, -0.05) is 0 Å². The van der Waals surface area contributed by atoms with Crippen LogP contribution in [0.2, 0.25) is 0 Å². The molecule has 0 atom stereocenters. The normalized spacial score (nSPS) is 20.3. The third-order valence-electron chi connectivity index (χ3n) is 2.24. The van der Waals surface area contributed by atoms with Crippen LogP contribution >= 0.6 is 0 Å². The SMILES string of the molecule is N#CC1=C(C2=[C]([Fe])CC=C2)CC=C1. The molecular formula is C11H8FeN. The van der Waals surface area contributed by atoms with E-state index in [1.54, 1.807) is 0 Å². The number of allylic oxidation sites excluding steroid dienone is 8. The fourth-order valence-electron chi connectivity index (χ4n) is 1.60. The van der Waals surface area contributed by atoms with Crippen LogP contribution in [0, 0.1) is 11.3 Å². The second kappa shape index (κ2) is 3.38. The Labute approximate surface area is 85.9 Å². The molecule has 0 aromatic heterocycles. The molecule has 0 fully saturated rings. The summed E-state index contributed by atoms with van der Waals surface area (Å²) in [7, 11) is 0. The number of nitrogens with zero attached hydrogens (tertiary/aromatic N) is 1. The standard InChI is InChI=1S/C11H8N.Fe/c12-8-10-6-3-7-11(10)9-4-1-2-5-9;/h1,3-4,6H,2,7H2;. The summed E-state index contributed by atoms with van der Waals surface area (Å²) in [5.74, 6) is 0. The van der Waals surface area contributed by atoms with Gasteiger partial charge in [-0.2, -0.15) is 0 Å². The molecule has 1 nitrogen and oxygen atoms in total. The molecule has 0 N–H and O–H groups in total. The monoisotopic (exact) mass is 210 g/mol. The fraction of sp³-hybridized carbons (Fsp3) is 0.182. The van der Waals surface area contributed by atoms with E-state index in [4.69, 9.17) is 5.26 Å². The molecule has 2 aliphatic rings. The molecule has 0 aromatic rings. The van der Waals surface area contributed by atoms with E-state index in [-0.39, 0.29) is 0 Å². The molecule has 2 heteroatoms. The average Bonchev–Trinajstić information content (AvgIpc) is 2.71. The van der Waals surface area contributed by atoms with E-state index in [0.29, 0.717) is 0 Å². The van der Waals surface area contributed by atoms with Crippen molar-refractivity contribution < 1.29 is 16.0 Å². The van der Waals surface area contributed by atoms with Crippen molar-refractivity contribution in [1.29, 1.82) is 5.26 Å². The maximum absolute atomic E-state index is 8.86. The number of hydrogen-bond donors (Lipinski definition) is 0. The van der Waals surface area contributed by atoms with Crippen LogP contribution in [0.15, 0.2) is 45.5 Å². The van der Waals surface area contributed by atoms with Crippen LogP contribution in [0.25, 0.3) is 0 Å². The van der Waals surface area contributed by atoms with Crippen LogP contribution in [0.4, 0.5) is 0 Å². The van der Waals surface area contributed by atoms with E-state index in [9.17, 15) is 0 Å². The first-order valence-corrected chi connectivity index (χ1v) is 4.72. The zero-order chi connectivity index (χ0) is 9.26. The number of nitriles is 1. The van der Waals surface area contributed by atoms with Gasteiger partial charge in [0.2, 0.25) is 0 Å². The van der Waals surface area contributed by atoms with Gasteiger partial charge in [-0.05, 0) is 0 Å². The Morgan fingerprint density at radius 1 is 1.23 bits per heavy atom. The molecule has 0 saturated carbocycles. The topological polar surface area (TPSA) is 23.8 Å². The van der Waals surface area contributed by atoms with Gasteiger partial charge in [-0.25, -0.2) is 0 Å². The van der Waals surface area contributed by atoms with E-state index < -0.39 is 0 Å². The molecule has 0 saturated heterocycles. The molecule has 0 aliphatic heterocycles. The second-order valence-electron chi connectivity index (χ2n) is 3.02. The molecular weight excluding hydrogens is 202 g/mol. The molecule has 0 aromatic carbocycles. The van der Waals surface area contributed by atoms with Crippen molar-refractivity contribution in [2.75, 3.05) is 0 Å². The Hall–Kier alpha value is -1.03. The Morgan fingerprint density at radius 3 is 2.62 bits per heavy atom. The Morgan fingerprint density at radius 2 is 2.00 bits per heavy atom. The molecule has 2 aliphatic carbocycles. The van der Waals surface area contributed by atoms with Crippen molar-refractivity contribution in [1.82, 2.24) is 0 Å². The Balaban J connectivity index is 2.44. The Kier molecular flexibility index (Phi) is 2.22. The minimum absolute atomic E-state index is 0.794. The van der Waals surface area contributed by atoms with E-state index in [0.717, 1.165) is 28.5 Å². The summed E-state index contributed by atoms with van der Waals surface area (Å²) in [6, 6.07) is 2.21. The van der Waals surface area contributed by atoms with Crippen LogP contribution in [0.3, 0.4) is 0 Å². The van der Waals surface area contributed by atoms with Crippen LogP contribution in [-0.4, -0.2) is 0 Å². The van der Waals surface area contributed by atoms with Crippen molar-refractivity contribution in [3.05, 3.63) is 45.5 Å². The third-order valence-corrected chi connectivity index (χ3v) is 2.76. The average molecular weight is 210 g/mol. The molecule has 0 unspecified atom stereocenters. The molecule has 0 radical (unpaired) electrons. The molecule has 2 rings (SSSR count). The molecule has 13 heavy (non-hydrogen) atoms. The first kappa shape index (κ1) is 8.56. The predicted octanol–water partition coefficient (Wildman–Crippen LogP) is 2.53. The van der Waals surface area contributed by atoms with Gasteiger partial charge in [-0.3, -0.25) is 0 Å². The quantitative estimate of drug-likeness (QED) is 0.610. The van der Waals surface area contributed by atoms with Crippen LogP contribution < -0.4 is 0 Å². The second-order valence-corrected chi connectivity index (χ2v) is 3.69. The van der Waals surface area contributed by atoms with Crippen molar-refractivity contribution in [2.24, 2.45) is 0 Å². The van der Waals surface area contributed by atoms with Crippen molar-refractivity contribution >= 4 is 0 Å². The summed E-state index contributed by atoms with van der Waals surface area (Å²) in [5, 5.41) is 8.86. The summed E-state index contributed by atoms with van der Waals surface area (Å²) < 4.78 is 1.13. The molecule has 0 heterocycles. The van der Waals surface area contributed by atoms with Crippen LogP contribution in [0.1, 0.15) is 12.8 Å². The molecule has 65 valence electrons. The first-order valence-electron chi connectivity index (χ1n) is 4.17. The summed E-state index contributed by atoms with van der Waals surface area (Å²) in [5.41, 5.74) is 3.10. The first-order chi connectivity index (χ1) is 6.33. The zero-order valence-corrected chi connectivity index (χ0v) is 8.13. The third kappa shape index (κ3) is 1.42. The van der Waals surface area contributed by atoms with E-state index in [2.05, 4.69) is 34.2 Å². The van der Waals surface area contributed by atoms with Gasteiger partial charge < -0.3 is 0 Å². The van der Waals surface area contributed by atoms with E-state index in [1.807, 2.05) is 12.2 Å². The van der Waals surface area contributed by atoms with E-state index in [1.165, 1.54) is 5.57 Å². The molecule has 0 spiro atoms.